The summed E-state index contributed by atoms with van der Waals surface area (Å²) in [5.41, 5.74) is 0.893. The lowest BCUT2D eigenvalue weighted by Crippen LogP contribution is -2.05. The maximum absolute atomic E-state index is 10.9. The Bertz CT molecular complexity index is 457. The SMILES string of the molecule is O=c1cc(CO)c2cn[nH]c2[nH]1. The smallest absolute Gasteiger partial charge is 0.249 e. The van der Waals surface area contributed by atoms with Crippen molar-refractivity contribution < 1.29 is 5.11 Å². The fourth-order valence-electron chi connectivity index (χ4n) is 1.15. The van der Waals surface area contributed by atoms with Crippen molar-refractivity contribution in [3.8, 4) is 0 Å². The molecule has 0 bridgehead atoms. The van der Waals surface area contributed by atoms with Crippen LogP contribution in [0.2, 0.25) is 0 Å². The summed E-state index contributed by atoms with van der Waals surface area (Å²) in [4.78, 5) is 13.5. The third-order valence-electron chi connectivity index (χ3n) is 1.71. The molecule has 5 heteroatoms. The molecule has 0 aromatic carbocycles. The molecule has 0 aliphatic rings. The van der Waals surface area contributed by atoms with E-state index < -0.39 is 0 Å². The van der Waals surface area contributed by atoms with Gasteiger partial charge in [-0.15, -0.1) is 0 Å². The van der Waals surface area contributed by atoms with Crippen LogP contribution < -0.4 is 5.56 Å². The molecule has 3 N–H and O–H groups in total. The molecule has 2 rings (SSSR count). The second kappa shape index (κ2) is 2.46. The van der Waals surface area contributed by atoms with Crippen molar-refractivity contribution in [2.75, 3.05) is 0 Å². The van der Waals surface area contributed by atoms with Crippen LogP contribution in [0.15, 0.2) is 17.1 Å². The summed E-state index contributed by atoms with van der Waals surface area (Å²) in [5, 5.41) is 16.0. The molecule has 0 atom stereocenters. The summed E-state index contributed by atoms with van der Waals surface area (Å²) in [6, 6.07) is 1.36. The Morgan fingerprint density at radius 2 is 2.42 bits per heavy atom. The third kappa shape index (κ3) is 0.911. The van der Waals surface area contributed by atoms with Gasteiger partial charge in [0.15, 0.2) is 0 Å². The number of pyridine rings is 1. The summed E-state index contributed by atoms with van der Waals surface area (Å²) < 4.78 is 0. The van der Waals surface area contributed by atoms with Gasteiger partial charge in [-0.05, 0) is 5.56 Å². The van der Waals surface area contributed by atoms with Crippen molar-refractivity contribution in [3.63, 3.8) is 0 Å². The molecule has 0 unspecified atom stereocenters. The Hall–Kier alpha value is -1.62. The van der Waals surface area contributed by atoms with Gasteiger partial charge in [0.2, 0.25) is 5.56 Å². The molecule has 0 radical (unpaired) electrons. The van der Waals surface area contributed by atoms with Crippen molar-refractivity contribution in [2.24, 2.45) is 0 Å². The lowest BCUT2D eigenvalue weighted by Gasteiger charge is -1.95. The molecule has 0 spiro atoms. The molecule has 2 aromatic heterocycles. The molecule has 0 fully saturated rings. The van der Waals surface area contributed by atoms with Crippen LogP contribution in [0.3, 0.4) is 0 Å². The number of aliphatic hydroxyl groups is 1. The summed E-state index contributed by atoms with van der Waals surface area (Å²) in [5.74, 6) is 0. The van der Waals surface area contributed by atoms with Crippen LogP contribution in [-0.4, -0.2) is 20.3 Å². The minimum Gasteiger partial charge on any atom is -0.392 e. The van der Waals surface area contributed by atoms with E-state index in [9.17, 15) is 4.79 Å². The highest BCUT2D eigenvalue weighted by molar-refractivity contribution is 5.77. The number of nitrogens with one attached hydrogen (secondary N) is 2. The molecule has 5 nitrogen and oxygen atoms in total. The average molecular weight is 165 g/mol. The van der Waals surface area contributed by atoms with Crippen molar-refractivity contribution in [1.82, 2.24) is 15.2 Å². The summed E-state index contributed by atoms with van der Waals surface area (Å²) in [6.45, 7) is -0.153. The topological polar surface area (TPSA) is 81.8 Å². The Balaban J connectivity index is 2.89. The van der Waals surface area contributed by atoms with Crippen molar-refractivity contribution in [3.05, 3.63) is 28.2 Å². The van der Waals surface area contributed by atoms with Gasteiger partial charge in [-0.2, -0.15) is 5.10 Å². The van der Waals surface area contributed by atoms with Crippen LogP contribution >= 0.6 is 0 Å². The van der Waals surface area contributed by atoms with Gasteiger partial charge in [-0.3, -0.25) is 9.89 Å². The highest BCUT2D eigenvalue weighted by Gasteiger charge is 2.02. The number of aromatic nitrogens is 3. The Morgan fingerprint density at radius 3 is 3.17 bits per heavy atom. The summed E-state index contributed by atoms with van der Waals surface area (Å²) in [7, 11) is 0. The van der Waals surface area contributed by atoms with Gasteiger partial charge in [0.05, 0.1) is 12.8 Å². The summed E-state index contributed by atoms with van der Waals surface area (Å²) in [6.07, 6.45) is 1.57. The maximum atomic E-state index is 10.9. The highest BCUT2D eigenvalue weighted by Crippen LogP contribution is 2.10. The fraction of sp³-hybridized carbons (Fsp3) is 0.143. The normalized spacial score (nSPS) is 10.8. The second-order valence-electron chi connectivity index (χ2n) is 2.48. The molecule has 62 valence electrons. The predicted octanol–water partition coefficient (Wildman–Crippen LogP) is -0.257. The van der Waals surface area contributed by atoms with Gasteiger partial charge in [0.25, 0.3) is 0 Å². The standard InChI is InChI=1S/C7H7N3O2/c11-3-4-1-6(12)9-7-5(4)2-8-10-7/h1-2,11H,3H2,(H2,8,9,10,12). The van der Waals surface area contributed by atoms with Crippen molar-refractivity contribution >= 4 is 11.0 Å². The summed E-state index contributed by atoms with van der Waals surface area (Å²) >= 11 is 0. The van der Waals surface area contributed by atoms with E-state index in [1.54, 1.807) is 6.20 Å². The number of H-pyrrole nitrogens is 2. The molecular weight excluding hydrogens is 158 g/mol. The first-order chi connectivity index (χ1) is 5.81. The molecular formula is C7H7N3O2. The van der Waals surface area contributed by atoms with Crippen LogP contribution in [0, 0.1) is 0 Å². The number of rotatable bonds is 1. The predicted molar refractivity (Wildman–Crippen MR) is 42.6 cm³/mol. The van der Waals surface area contributed by atoms with Crippen LogP contribution in [0.25, 0.3) is 11.0 Å². The minimum atomic E-state index is -0.240. The van der Waals surface area contributed by atoms with Crippen molar-refractivity contribution in [2.45, 2.75) is 6.61 Å². The van der Waals surface area contributed by atoms with E-state index in [2.05, 4.69) is 15.2 Å². The number of nitrogens with zero attached hydrogens (tertiary/aromatic N) is 1. The van der Waals surface area contributed by atoms with E-state index >= 15 is 0 Å². The van der Waals surface area contributed by atoms with E-state index in [4.69, 9.17) is 5.11 Å². The Kier molecular flexibility index (Phi) is 1.44. The molecule has 0 aliphatic heterocycles. The van der Waals surface area contributed by atoms with E-state index in [0.717, 1.165) is 5.39 Å². The van der Waals surface area contributed by atoms with Gasteiger partial charge in [0, 0.05) is 11.5 Å². The quantitative estimate of drug-likeness (QED) is 0.544. The zero-order chi connectivity index (χ0) is 8.55. The maximum Gasteiger partial charge on any atom is 0.249 e. The molecule has 0 amide bonds. The first kappa shape index (κ1) is 7.05. The largest absolute Gasteiger partial charge is 0.392 e. The molecule has 0 aliphatic carbocycles. The lowest BCUT2D eigenvalue weighted by molar-refractivity contribution is 0.283. The van der Waals surface area contributed by atoms with E-state index in [1.807, 2.05) is 0 Å². The molecule has 12 heavy (non-hydrogen) atoms. The van der Waals surface area contributed by atoms with Gasteiger partial charge in [0.1, 0.15) is 5.65 Å². The molecule has 0 saturated heterocycles. The monoisotopic (exact) mass is 165 g/mol. The molecule has 0 saturated carbocycles. The van der Waals surface area contributed by atoms with Gasteiger partial charge < -0.3 is 10.1 Å². The number of hydrogen-bond donors (Lipinski definition) is 3. The first-order valence-electron chi connectivity index (χ1n) is 3.47. The van der Waals surface area contributed by atoms with Crippen LogP contribution in [0.4, 0.5) is 0 Å². The zero-order valence-electron chi connectivity index (χ0n) is 6.16. The fourth-order valence-corrected chi connectivity index (χ4v) is 1.15. The van der Waals surface area contributed by atoms with Gasteiger partial charge in [-0.25, -0.2) is 0 Å². The Morgan fingerprint density at radius 1 is 1.58 bits per heavy atom. The first-order valence-corrected chi connectivity index (χ1v) is 3.47. The number of aromatic amines is 2. The number of fused-ring (bicyclic) bond motifs is 1. The average Bonchev–Trinajstić information content (AvgIpc) is 2.50. The van der Waals surface area contributed by atoms with Crippen LogP contribution in [-0.2, 0) is 6.61 Å². The van der Waals surface area contributed by atoms with Gasteiger partial charge in [-0.1, -0.05) is 0 Å². The number of hydrogen-bond acceptors (Lipinski definition) is 3. The van der Waals surface area contributed by atoms with E-state index in [0.29, 0.717) is 11.2 Å². The highest BCUT2D eigenvalue weighted by atomic mass is 16.3. The molecule has 2 heterocycles. The third-order valence-corrected chi connectivity index (χ3v) is 1.71. The van der Waals surface area contributed by atoms with E-state index in [1.165, 1.54) is 6.07 Å². The van der Waals surface area contributed by atoms with Crippen molar-refractivity contribution in [1.29, 1.82) is 0 Å². The Labute approximate surface area is 67.1 Å². The molecule has 2 aromatic rings. The van der Waals surface area contributed by atoms with Crippen LogP contribution in [0.5, 0.6) is 0 Å². The van der Waals surface area contributed by atoms with E-state index in [-0.39, 0.29) is 12.2 Å². The second-order valence-corrected chi connectivity index (χ2v) is 2.48. The van der Waals surface area contributed by atoms with Gasteiger partial charge >= 0.3 is 0 Å². The zero-order valence-corrected chi connectivity index (χ0v) is 6.16. The minimum absolute atomic E-state index is 0.153. The van der Waals surface area contributed by atoms with Crippen LogP contribution in [0.1, 0.15) is 5.56 Å². The number of aliphatic hydroxyl groups excluding tert-OH is 1. The lowest BCUT2D eigenvalue weighted by atomic mass is 10.2.